The van der Waals surface area contributed by atoms with Gasteiger partial charge in [-0.25, -0.2) is 9.59 Å². The molecule has 0 amide bonds. The molecule has 0 bridgehead atoms. The first-order chi connectivity index (χ1) is 11.7. The SMILES string of the molecule is CCC.CCC(C)C.CCC(C)C.CCC(C)C.O=C(O)O.O=C(O)O. The molecule has 0 aliphatic carbocycles. The minimum absolute atomic E-state index is 0.884. The predicted octanol–water partition coefficient (Wildman–Crippen LogP) is 8.02. The van der Waals surface area contributed by atoms with Crippen molar-refractivity contribution in [2.45, 2.75) is 102 Å². The number of carboxylic acid groups (broad SMARTS) is 4. The predicted molar refractivity (Wildman–Crippen MR) is 113 cm³/mol. The Kier molecular flexibility index (Phi) is 59.1. The zero-order chi connectivity index (χ0) is 22.7. The van der Waals surface area contributed by atoms with Gasteiger partial charge in [-0.1, -0.05) is 102 Å². The zero-order valence-electron chi connectivity index (χ0n) is 19.2. The fourth-order valence-corrected chi connectivity index (χ4v) is 0. The summed E-state index contributed by atoms with van der Waals surface area (Å²) in [6.45, 7) is 24.2. The van der Waals surface area contributed by atoms with E-state index in [2.05, 4.69) is 76.2 Å². The van der Waals surface area contributed by atoms with Crippen molar-refractivity contribution >= 4 is 12.3 Å². The summed E-state index contributed by atoms with van der Waals surface area (Å²) in [5, 5.41) is 27.9. The van der Waals surface area contributed by atoms with E-state index in [-0.39, 0.29) is 0 Å². The van der Waals surface area contributed by atoms with Crippen molar-refractivity contribution in [3.63, 3.8) is 0 Å². The van der Waals surface area contributed by atoms with Gasteiger partial charge in [0, 0.05) is 0 Å². The van der Waals surface area contributed by atoms with Crippen molar-refractivity contribution in [2.24, 2.45) is 17.8 Å². The van der Waals surface area contributed by atoms with E-state index >= 15 is 0 Å². The molecular weight excluding hydrogens is 336 g/mol. The van der Waals surface area contributed by atoms with Crippen molar-refractivity contribution in [1.29, 1.82) is 0 Å². The Morgan fingerprint density at radius 3 is 0.577 bits per heavy atom. The third-order valence-corrected chi connectivity index (χ3v) is 2.45. The molecule has 0 aliphatic heterocycles. The van der Waals surface area contributed by atoms with Gasteiger partial charge in [0.15, 0.2) is 0 Å². The molecule has 0 unspecified atom stereocenters. The Morgan fingerprint density at radius 2 is 0.577 bits per heavy atom. The number of hydrogen-bond acceptors (Lipinski definition) is 2. The lowest BCUT2D eigenvalue weighted by atomic mass is 10.2. The maximum absolute atomic E-state index is 8.56. The van der Waals surface area contributed by atoms with Crippen LogP contribution >= 0.6 is 0 Å². The van der Waals surface area contributed by atoms with Gasteiger partial charge >= 0.3 is 12.3 Å². The Hall–Kier alpha value is -1.46. The van der Waals surface area contributed by atoms with Crippen LogP contribution < -0.4 is 0 Å². The Bertz CT molecular complexity index is 199. The molecule has 0 aromatic rings. The summed E-state index contributed by atoms with van der Waals surface area (Å²) in [7, 11) is 0. The van der Waals surface area contributed by atoms with Crippen LogP contribution in [0.1, 0.15) is 102 Å². The maximum Gasteiger partial charge on any atom is 0.503 e. The molecule has 0 aromatic heterocycles. The molecule has 6 heteroatoms. The summed E-state index contributed by atoms with van der Waals surface area (Å²) >= 11 is 0. The highest BCUT2D eigenvalue weighted by Crippen LogP contribution is 1.94. The highest BCUT2D eigenvalue weighted by atomic mass is 16.6. The smallest absolute Gasteiger partial charge is 0.450 e. The van der Waals surface area contributed by atoms with Crippen LogP contribution in [0.4, 0.5) is 9.59 Å². The molecule has 0 rings (SSSR count). The van der Waals surface area contributed by atoms with E-state index in [0.29, 0.717) is 0 Å². The second kappa shape index (κ2) is 38.9. The lowest BCUT2D eigenvalue weighted by molar-refractivity contribution is 0.135. The average Bonchev–Trinajstić information content (AvgIpc) is 2.48. The topological polar surface area (TPSA) is 115 Å². The van der Waals surface area contributed by atoms with Crippen LogP contribution in [-0.4, -0.2) is 32.7 Å². The molecule has 0 spiro atoms. The monoisotopic (exact) mass is 384 g/mol. The molecule has 4 N–H and O–H groups in total. The first-order valence-corrected chi connectivity index (χ1v) is 9.53. The van der Waals surface area contributed by atoms with Crippen LogP contribution in [0, 0.1) is 17.8 Å². The Morgan fingerprint density at radius 1 is 0.538 bits per heavy atom. The lowest BCUT2D eigenvalue weighted by Gasteiger charge is -1.90. The van der Waals surface area contributed by atoms with Crippen molar-refractivity contribution in [3.05, 3.63) is 0 Å². The maximum atomic E-state index is 8.56. The molecule has 0 fully saturated rings. The molecule has 0 heterocycles. The summed E-state index contributed by atoms with van der Waals surface area (Å²) < 4.78 is 0. The van der Waals surface area contributed by atoms with Crippen LogP contribution in [-0.2, 0) is 0 Å². The third kappa shape index (κ3) is 507. The van der Waals surface area contributed by atoms with Crippen molar-refractivity contribution in [2.75, 3.05) is 0 Å². The molecule has 164 valence electrons. The largest absolute Gasteiger partial charge is 0.503 e. The summed E-state index contributed by atoms with van der Waals surface area (Å²) in [4.78, 5) is 17.1. The van der Waals surface area contributed by atoms with Crippen LogP contribution in [0.15, 0.2) is 0 Å². The van der Waals surface area contributed by atoms with Crippen molar-refractivity contribution in [3.8, 4) is 0 Å². The molecule has 26 heavy (non-hydrogen) atoms. The van der Waals surface area contributed by atoms with E-state index in [1.165, 1.54) is 25.7 Å². The summed E-state index contributed by atoms with van der Waals surface area (Å²) in [5.74, 6) is 2.65. The van der Waals surface area contributed by atoms with E-state index < -0.39 is 12.3 Å². The third-order valence-electron chi connectivity index (χ3n) is 2.45. The summed E-state index contributed by atoms with van der Waals surface area (Å²) in [6.07, 6.45) is 1.50. The highest BCUT2D eigenvalue weighted by Gasteiger charge is 1.81. The minimum atomic E-state index is -1.83. The molecule has 6 nitrogen and oxygen atoms in total. The quantitative estimate of drug-likeness (QED) is 0.391. The van der Waals surface area contributed by atoms with Gasteiger partial charge < -0.3 is 20.4 Å². The van der Waals surface area contributed by atoms with Gasteiger partial charge in [-0.05, 0) is 17.8 Å². The van der Waals surface area contributed by atoms with Crippen LogP contribution in [0.25, 0.3) is 0 Å². The van der Waals surface area contributed by atoms with Gasteiger partial charge in [0.25, 0.3) is 0 Å². The van der Waals surface area contributed by atoms with Gasteiger partial charge in [-0.15, -0.1) is 0 Å². The number of hydrogen-bond donors (Lipinski definition) is 4. The van der Waals surface area contributed by atoms with Crippen LogP contribution in [0.2, 0.25) is 0 Å². The van der Waals surface area contributed by atoms with E-state index in [1.807, 2.05) is 0 Å². The summed E-state index contributed by atoms with van der Waals surface area (Å²) in [6, 6.07) is 0. The standard InChI is InChI=1S/3C5H12.C3H8.2CH2O3/c3*1-4-5(2)3;1-3-2;2*2-1(3)4/h3*5H,4H2,1-3H3;3H2,1-2H3;2*(H2,2,3,4). The fourth-order valence-electron chi connectivity index (χ4n) is 0. The fraction of sp³-hybridized carbons (Fsp3) is 0.900. The minimum Gasteiger partial charge on any atom is -0.450 e. The van der Waals surface area contributed by atoms with E-state index in [9.17, 15) is 0 Å². The zero-order valence-corrected chi connectivity index (χ0v) is 19.2. The van der Waals surface area contributed by atoms with Crippen LogP contribution in [0.3, 0.4) is 0 Å². The number of carbonyl (C=O) groups is 2. The highest BCUT2D eigenvalue weighted by molar-refractivity contribution is 5.53. The van der Waals surface area contributed by atoms with Crippen LogP contribution in [0.5, 0.6) is 0 Å². The second-order valence-electron chi connectivity index (χ2n) is 6.68. The summed E-state index contributed by atoms with van der Waals surface area (Å²) in [5.41, 5.74) is 0. The first kappa shape index (κ1) is 39.6. The number of rotatable bonds is 3. The second-order valence-corrected chi connectivity index (χ2v) is 6.68. The van der Waals surface area contributed by atoms with Crippen molar-refractivity contribution in [1.82, 2.24) is 0 Å². The Labute approximate surface area is 162 Å². The molecule has 0 saturated heterocycles. The normalized spacial score (nSPS) is 8.08. The van der Waals surface area contributed by atoms with Gasteiger partial charge in [0.05, 0.1) is 0 Å². The molecule has 0 aromatic carbocycles. The van der Waals surface area contributed by atoms with E-state index in [1.54, 1.807) is 0 Å². The molecule has 0 radical (unpaired) electrons. The van der Waals surface area contributed by atoms with Crippen molar-refractivity contribution < 1.29 is 30.0 Å². The van der Waals surface area contributed by atoms with Gasteiger partial charge in [-0.2, -0.15) is 0 Å². The van der Waals surface area contributed by atoms with E-state index in [0.717, 1.165) is 17.8 Å². The molecule has 0 saturated carbocycles. The molecule has 0 aliphatic rings. The molecular formula is C20H48O6. The molecule has 0 atom stereocenters. The lowest BCUT2D eigenvalue weighted by Crippen LogP contribution is -1.81. The first-order valence-electron chi connectivity index (χ1n) is 9.53. The van der Waals surface area contributed by atoms with Gasteiger partial charge in [0.2, 0.25) is 0 Å². The average molecular weight is 385 g/mol. The van der Waals surface area contributed by atoms with E-state index in [4.69, 9.17) is 30.0 Å². The van der Waals surface area contributed by atoms with Gasteiger partial charge in [0.1, 0.15) is 0 Å². The van der Waals surface area contributed by atoms with Gasteiger partial charge in [-0.3, -0.25) is 0 Å². The Balaban J connectivity index is -0.0000000466.